The second kappa shape index (κ2) is 25.1. The lowest BCUT2D eigenvalue weighted by atomic mass is 9.96. The van der Waals surface area contributed by atoms with Crippen LogP contribution < -0.4 is 0 Å². The molecule has 2 saturated heterocycles. The van der Waals surface area contributed by atoms with Crippen molar-refractivity contribution in [3.05, 3.63) is 215 Å². The second-order valence-corrected chi connectivity index (χ2v) is 16.5. The average molecular weight is 897 g/mol. The van der Waals surface area contributed by atoms with Crippen LogP contribution in [0.4, 0.5) is 0 Å². The number of ether oxygens (including phenoxy) is 10. The van der Waals surface area contributed by atoms with Crippen molar-refractivity contribution in [3.63, 3.8) is 0 Å². The molecule has 0 amide bonds. The third kappa shape index (κ3) is 13.5. The van der Waals surface area contributed by atoms with Crippen LogP contribution in [0.2, 0.25) is 0 Å². The summed E-state index contributed by atoms with van der Waals surface area (Å²) < 4.78 is 66.8. The molecule has 0 aromatic heterocycles. The molecule has 11 heteroatoms. The van der Waals surface area contributed by atoms with E-state index in [1.807, 2.05) is 182 Å². The summed E-state index contributed by atoms with van der Waals surface area (Å²) in [5, 5.41) is 12.2. The van der Waals surface area contributed by atoms with Gasteiger partial charge in [0.1, 0.15) is 48.8 Å². The normalized spacial score (nSPS) is 25.4. The highest BCUT2D eigenvalue weighted by molar-refractivity contribution is 5.18. The Morgan fingerprint density at radius 2 is 0.682 bits per heavy atom. The first kappa shape index (κ1) is 47.4. The van der Waals surface area contributed by atoms with E-state index < -0.39 is 61.4 Å². The fourth-order valence-electron chi connectivity index (χ4n) is 8.19. The molecule has 2 aliphatic rings. The molecule has 0 spiro atoms. The maximum absolute atomic E-state index is 12.2. The monoisotopic (exact) mass is 896 g/mol. The Hall–Kier alpha value is -5.12. The lowest BCUT2D eigenvalue weighted by Crippen LogP contribution is -2.66. The van der Waals surface area contributed by atoms with Crippen molar-refractivity contribution in [1.29, 1.82) is 0 Å². The molecule has 0 aliphatic carbocycles. The molecule has 0 radical (unpaired) electrons. The summed E-state index contributed by atoms with van der Waals surface area (Å²) in [6.45, 7) is 1.68. The van der Waals surface area contributed by atoms with E-state index in [9.17, 15) is 5.11 Å². The first-order valence-electron chi connectivity index (χ1n) is 22.6. The van der Waals surface area contributed by atoms with Gasteiger partial charge in [-0.2, -0.15) is 0 Å². The summed E-state index contributed by atoms with van der Waals surface area (Å²) in [6, 6.07) is 59.4. The van der Waals surface area contributed by atoms with E-state index in [1.165, 1.54) is 0 Å². The number of rotatable bonds is 23. The summed E-state index contributed by atoms with van der Waals surface area (Å²) in [6.07, 6.45) is -9.11. The molecular weight excluding hydrogens is 837 g/mol. The van der Waals surface area contributed by atoms with Crippen LogP contribution in [0.5, 0.6) is 0 Å². The van der Waals surface area contributed by atoms with Crippen molar-refractivity contribution >= 4 is 0 Å². The highest BCUT2D eigenvalue weighted by Crippen LogP contribution is 2.36. The van der Waals surface area contributed by atoms with Crippen LogP contribution in [0, 0.1) is 0 Å². The molecule has 6 aromatic rings. The van der Waals surface area contributed by atoms with Crippen LogP contribution in [0.3, 0.4) is 0 Å². The Labute approximate surface area is 388 Å². The van der Waals surface area contributed by atoms with Crippen LogP contribution in [-0.2, 0) is 87.0 Å². The standard InChI is InChI=1S/C55H60O11/c1-57-54-53(63-37-45-30-18-7-19-31-45)51(61-35-43-26-14-5-15-27-43)49(47(65-54)39-59-33-41-22-10-3-11-23-41)66-55-52(62-36-44-28-16-6-17-29-44)50(60-34-42-24-12-4-13-25-42)48(56)46(64-55)38-58-32-40-20-8-2-9-21-40/h2-31,46-56H,32-39H2,1H3/t46-,47-,48-,49-,50+,51+,52-,53-,54+,55-/m1/s1. The van der Waals surface area contributed by atoms with Gasteiger partial charge in [0, 0.05) is 7.11 Å². The average Bonchev–Trinajstić information content (AvgIpc) is 3.37. The van der Waals surface area contributed by atoms with E-state index in [0.717, 1.165) is 33.4 Å². The van der Waals surface area contributed by atoms with Crippen molar-refractivity contribution in [3.8, 4) is 0 Å². The van der Waals surface area contributed by atoms with Crippen molar-refractivity contribution in [2.24, 2.45) is 0 Å². The predicted molar refractivity (Wildman–Crippen MR) is 247 cm³/mol. The van der Waals surface area contributed by atoms with Crippen LogP contribution in [0.25, 0.3) is 0 Å². The third-order valence-electron chi connectivity index (χ3n) is 11.7. The van der Waals surface area contributed by atoms with Crippen molar-refractivity contribution in [2.75, 3.05) is 20.3 Å². The van der Waals surface area contributed by atoms with Gasteiger partial charge >= 0.3 is 0 Å². The smallest absolute Gasteiger partial charge is 0.187 e. The highest BCUT2D eigenvalue weighted by Gasteiger charge is 2.54. The summed E-state index contributed by atoms with van der Waals surface area (Å²) in [5.74, 6) is 0. The lowest BCUT2D eigenvalue weighted by Gasteiger charge is -2.49. The largest absolute Gasteiger partial charge is 0.387 e. The van der Waals surface area contributed by atoms with Crippen molar-refractivity contribution in [1.82, 2.24) is 0 Å². The second-order valence-electron chi connectivity index (χ2n) is 16.5. The number of methoxy groups -OCH3 is 1. The molecular formula is C55H60O11. The molecule has 11 nitrogen and oxygen atoms in total. The van der Waals surface area contributed by atoms with Crippen molar-refractivity contribution < 1.29 is 52.5 Å². The maximum atomic E-state index is 12.2. The molecule has 0 saturated carbocycles. The van der Waals surface area contributed by atoms with Crippen LogP contribution >= 0.6 is 0 Å². The Bertz CT molecular complexity index is 2220. The van der Waals surface area contributed by atoms with Gasteiger partial charge in [-0.15, -0.1) is 0 Å². The zero-order valence-corrected chi connectivity index (χ0v) is 37.3. The predicted octanol–water partition coefficient (Wildman–Crippen LogP) is 8.60. The van der Waals surface area contributed by atoms with Gasteiger partial charge in [0.2, 0.25) is 0 Å². The Morgan fingerprint density at radius 3 is 1.08 bits per heavy atom. The van der Waals surface area contributed by atoms with Crippen LogP contribution in [0.1, 0.15) is 33.4 Å². The van der Waals surface area contributed by atoms with E-state index in [1.54, 1.807) is 7.11 Å². The summed E-state index contributed by atoms with van der Waals surface area (Å²) >= 11 is 0. The molecule has 1 N–H and O–H groups in total. The summed E-state index contributed by atoms with van der Waals surface area (Å²) in [4.78, 5) is 0. The number of aliphatic hydroxyl groups is 1. The lowest BCUT2D eigenvalue weighted by molar-refractivity contribution is -0.373. The highest BCUT2D eigenvalue weighted by atomic mass is 16.8. The fraction of sp³-hybridized carbons (Fsp3) is 0.345. The molecule has 2 heterocycles. The molecule has 2 fully saturated rings. The topological polar surface area (TPSA) is 113 Å². The van der Waals surface area contributed by atoms with E-state index in [-0.39, 0.29) is 39.6 Å². The number of aliphatic hydroxyl groups excluding tert-OH is 1. The minimum absolute atomic E-state index is 0.0415. The fourth-order valence-corrected chi connectivity index (χ4v) is 8.19. The van der Waals surface area contributed by atoms with Gasteiger partial charge in [-0.1, -0.05) is 182 Å². The number of hydrogen-bond donors (Lipinski definition) is 1. The summed E-state index contributed by atoms with van der Waals surface area (Å²) in [7, 11) is 1.59. The van der Waals surface area contributed by atoms with Gasteiger partial charge in [-0.05, 0) is 33.4 Å². The number of hydrogen-bond acceptors (Lipinski definition) is 11. The Kier molecular flexibility index (Phi) is 18.0. The first-order chi connectivity index (χ1) is 32.6. The Balaban J connectivity index is 1.15. The molecule has 66 heavy (non-hydrogen) atoms. The van der Waals surface area contributed by atoms with Gasteiger partial charge < -0.3 is 52.5 Å². The molecule has 0 unspecified atom stereocenters. The SMILES string of the molecule is CO[C@H]1O[C@H](COCc2ccccc2)[C@@H](O[C@H]2O[C@H](COCc3ccccc3)[C@@H](O)[C@H](OCc3ccccc3)[C@H]2OCc2ccccc2)[C@H](OCc2ccccc2)[C@H]1OCc1ccccc1. The van der Waals surface area contributed by atoms with Gasteiger partial charge in [-0.3, -0.25) is 0 Å². The van der Waals surface area contributed by atoms with E-state index in [2.05, 4.69) is 0 Å². The van der Waals surface area contributed by atoms with E-state index in [4.69, 9.17) is 47.4 Å². The Morgan fingerprint density at radius 1 is 0.364 bits per heavy atom. The summed E-state index contributed by atoms with van der Waals surface area (Å²) in [5.41, 5.74) is 5.78. The van der Waals surface area contributed by atoms with E-state index >= 15 is 0 Å². The zero-order valence-electron chi connectivity index (χ0n) is 37.3. The van der Waals surface area contributed by atoms with Gasteiger partial charge in [0.05, 0.1) is 52.9 Å². The van der Waals surface area contributed by atoms with Crippen LogP contribution in [-0.4, -0.2) is 86.8 Å². The molecule has 2 aliphatic heterocycles. The van der Waals surface area contributed by atoms with Crippen LogP contribution in [0.15, 0.2) is 182 Å². The molecule has 8 rings (SSSR count). The molecule has 0 bridgehead atoms. The maximum Gasteiger partial charge on any atom is 0.187 e. The third-order valence-corrected chi connectivity index (χ3v) is 11.7. The quantitative estimate of drug-likeness (QED) is 0.0668. The molecule has 346 valence electrons. The zero-order chi connectivity index (χ0) is 45.2. The molecule has 10 atom stereocenters. The van der Waals surface area contributed by atoms with Crippen molar-refractivity contribution in [2.45, 2.75) is 101 Å². The van der Waals surface area contributed by atoms with Gasteiger partial charge in [-0.25, -0.2) is 0 Å². The minimum atomic E-state index is -1.16. The van der Waals surface area contributed by atoms with Gasteiger partial charge in [0.25, 0.3) is 0 Å². The first-order valence-corrected chi connectivity index (χ1v) is 22.6. The molecule has 6 aromatic carbocycles. The minimum Gasteiger partial charge on any atom is -0.387 e. The van der Waals surface area contributed by atoms with E-state index in [0.29, 0.717) is 13.2 Å². The van der Waals surface area contributed by atoms with Gasteiger partial charge in [0.15, 0.2) is 12.6 Å². The number of benzene rings is 6.